The summed E-state index contributed by atoms with van der Waals surface area (Å²) in [6.45, 7) is 0. The van der Waals surface area contributed by atoms with Crippen LogP contribution in [-0.2, 0) is 34.6 Å². The van der Waals surface area contributed by atoms with Gasteiger partial charge in [-0.2, -0.15) is 0 Å². The molecule has 1 saturated heterocycles. The van der Waals surface area contributed by atoms with Crippen molar-refractivity contribution in [2.24, 2.45) is 0 Å². The van der Waals surface area contributed by atoms with Crippen molar-refractivity contribution in [2.75, 3.05) is 5.75 Å². The summed E-state index contributed by atoms with van der Waals surface area (Å²) in [6.07, 6.45) is -1.26. The molecule has 92 valence electrons. The summed E-state index contributed by atoms with van der Waals surface area (Å²) in [6, 6.07) is 0. The number of carbonyl (C=O) groups is 2. The van der Waals surface area contributed by atoms with Crippen molar-refractivity contribution < 1.29 is 78.0 Å². The van der Waals surface area contributed by atoms with Crippen LogP contribution in [0.1, 0.15) is 6.42 Å². The molecular weight excluding hydrogens is 282 g/mol. The van der Waals surface area contributed by atoms with Gasteiger partial charge in [0.15, 0.2) is 4.75 Å². The Hall–Kier alpha value is 0.155. The van der Waals surface area contributed by atoms with Gasteiger partial charge >= 0.3 is 49.7 Å². The van der Waals surface area contributed by atoms with E-state index < -0.39 is 49.1 Å². The van der Waals surface area contributed by atoms with Crippen LogP contribution in [0.5, 0.6) is 0 Å². The second-order valence-corrected chi connectivity index (χ2v) is 6.18. The van der Waals surface area contributed by atoms with Gasteiger partial charge in [-0.1, -0.05) is 0 Å². The summed E-state index contributed by atoms with van der Waals surface area (Å²) >= 11 is 0. The zero-order valence-corrected chi connectivity index (χ0v) is 11.0. The van der Waals surface area contributed by atoms with Crippen LogP contribution in [0.4, 0.5) is 0 Å². The predicted molar refractivity (Wildman–Crippen MR) is 42.7 cm³/mol. The minimum Gasteiger partial charge on any atom is -0.748 e. The maximum Gasteiger partial charge on any atom is 1.00 e. The molecule has 0 radical (unpaired) electrons. The Balaban J connectivity index is 0. The third-order valence-electron chi connectivity index (χ3n) is 1.90. The number of rotatable bonds is 3. The molecule has 0 aromatic heterocycles. The standard InChI is InChI=1S/C5H6O9S2.2Li/c6-3-1-5(4(7)14-3,16(11,12)13)2-15(8,9)10;;/h1-2H2,(H,8,9,10)(H,11,12,13);;/q;2*+1/p-2. The molecule has 1 aliphatic heterocycles. The van der Waals surface area contributed by atoms with Gasteiger partial charge in [-0.25, -0.2) is 21.6 Å². The van der Waals surface area contributed by atoms with E-state index in [1.807, 2.05) is 0 Å². The average Bonchev–Trinajstić information content (AvgIpc) is 2.22. The summed E-state index contributed by atoms with van der Waals surface area (Å²) in [4.78, 5) is 21.7. The Bertz CT molecular complexity index is 550. The van der Waals surface area contributed by atoms with E-state index in [0.29, 0.717) is 0 Å². The molecule has 0 aromatic carbocycles. The van der Waals surface area contributed by atoms with Gasteiger partial charge in [-0.3, -0.25) is 4.79 Å². The van der Waals surface area contributed by atoms with E-state index >= 15 is 0 Å². The molecule has 0 bridgehead atoms. The first-order valence-corrected chi connectivity index (χ1v) is 6.61. The number of hydrogen-bond acceptors (Lipinski definition) is 9. The van der Waals surface area contributed by atoms with Crippen molar-refractivity contribution in [3.8, 4) is 0 Å². The Morgan fingerprint density at radius 3 is 1.78 bits per heavy atom. The maximum atomic E-state index is 11.0. The second kappa shape index (κ2) is 6.07. The van der Waals surface area contributed by atoms with Crippen LogP contribution in [0.2, 0.25) is 0 Å². The topological polar surface area (TPSA) is 158 Å². The molecule has 1 fully saturated rings. The Kier molecular flexibility index (Phi) is 6.91. The van der Waals surface area contributed by atoms with Gasteiger partial charge in [0.05, 0.1) is 22.3 Å². The summed E-state index contributed by atoms with van der Waals surface area (Å²) in [5, 5.41) is 0. The number of esters is 2. The number of hydrogen-bond donors (Lipinski definition) is 0. The van der Waals surface area contributed by atoms with Gasteiger partial charge in [-0.05, 0) is 0 Å². The molecule has 0 spiro atoms. The fourth-order valence-corrected chi connectivity index (χ4v) is 3.54. The zero-order chi connectivity index (χ0) is 12.8. The van der Waals surface area contributed by atoms with Gasteiger partial charge in [0, 0.05) is 0 Å². The molecule has 0 aliphatic carbocycles. The smallest absolute Gasteiger partial charge is 0.748 e. The van der Waals surface area contributed by atoms with E-state index in [1.165, 1.54) is 0 Å². The molecule has 13 heteroatoms. The zero-order valence-electron chi connectivity index (χ0n) is 9.40. The molecule has 0 saturated carbocycles. The second-order valence-electron chi connectivity index (χ2n) is 3.09. The number of carbonyl (C=O) groups excluding carboxylic acids is 2. The van der Waals surface area contributed by atoms with Crippen LogP contribution in [0.25, 0.3) is 0 Å². The molecule has 0 amide bonds. The van der Waals surface area contributed by atoms with Gasteiger partial charge in [0.2, 0.25) is 0 Å². The Morgan fingerprint density at radius 2 is 1.56 bits per heavy atom. The molecule has 1 atom stereocenters. The molecule has 18 heavy (non-hydrogen) atoms. The minimum absolute atomic E-state index is 0. The van der Waals surface area contributed by atoms with E-state index in [2.05, 4.69) is 4.74 Å². The van der Waals surface area contributed by atoms with Crippen molar-refractivity contribution in [3.63, 3.8) is 0 Å². The normalized spacial score (nSPS) is 23.9. The van der Waals surface area contributed by atoms with E-state index in [-0.39, 0.29) is 37.7 Å². The molecule has 1 heterocycles. The maximum absolute atomic E-state index is 11.0. The van der Waals surface area contributed by atoms with Crippen LogP contribution < -0.4 is 37.7 Å². The van der Waals surface area contributed by atoms with E-state index in [9.17, 15) is 35.5 Å². The van der Waals surface area contributed by atoms with E-state index in [0.717, 1.165) is 0 Å². The molecule has 0 aromatic rings. The summed E-state index contributed by atoms with van der Waals surface area (Å²) in [5.41, 5.74) is 0. The summed E-state index contributed by atoms with van der Waals surface area (Å²) < 4.78 is 64.2. The van der Waals surface area contributed by atoms with Crippen LogP contribution in [-0.4, -0.2) is 48.4 Å². The fourth-order valence-electron chi connectivity index (χ4n) is 1.20. The van der Waals surface area contributed by atoms with Crippen LogP contribution in [0, 0.1) is 0 Å². The third-order valence-corrected chi connectivity index (χ3v) is 4.34. The molecule has 1 rings (SSSR count). The average molecular weight is 286 g/mol. The van der Waals surface area contributed by atoms with Gasteiger partial charge in [-0.15, -0.1) is 0 Å². The number of cyclic esters (lactones) is 2. The summed E-state index contributed by atoms with van der Waals surface area (Å²) in [7, 11) is -10.7. The van der Waals surface area contributed by atoms with E-state index in [4.69, 9.17) is 0 Å². The minimum atomic E-state index is -5.50. The fraction of sp³-hybridized carbons (Fsp3) is 0.600. The van der Waals surface area contributed by atoms with Gasteiger partial charge in [0.1, 0.15) is 10.1 Å². The molecule has 9 nitrogen and oxygen atoms in total. The van der Waals surface area contributed by atoms with Crippen molar-refractivity contribution in [3.05, 3.63) is 0 Å². The largest absolute Gasteiger partial charge is 1.00 e. The first kappa shape index (κ1) is 20.5. The van der Waals surface area contributed by atoms with Crippen molar-refractivity contribution in [1.82, 2.24) is 0 Å². The van der Waals surface area contributed by atoms with Crippen LogP contribution in [0.15, 0.2) is 0 Å². The molecule has 1 unspecified atom stereocenters. The monoisotopic (exact) mass is 286 g/mol. The van der Waals surface area contributed by atoms with Crippen LogP contribution >= 0.6 is 0 Å². The van der Waals surface area contributed by atoms with E-state index in [1.54, 1.807) is 0 Å². The number of ether oxygens (including phenoxy) is 1. The van der Waals surface area contributed by atoms with Crippen molar-refractivity contribution in [2.45, 2.75) is 11.2 Å². The molecule has 0 N–H and O–H groups in total. The van der Waals surface area contributed by atoms with Crippen molar-refractivity contribution in [1.29, 1.82) is 0 Å². The SMILES string of the molecule is O=C1CC(CS(=O)(=O)[O-])(S(=O)(=O)[O-])C(=O)O1.[Li+].[Li+]. The Labute approximate surface area is 126 Å². The van der Waals surface area contributed by atoms with Gasteiger partial charge in [0.25, 0.3) is 0 Å². The quantitative estimate of drug-likeness (QED) is 0.212. The summed E-state index contributed by atoms with van der Waals surface area (Å²) in [5.74, 6) is -5.00. The third kappa shape index (κ3) is 4.08. The molecular formula is C5H4Li2O9S2. The van der Waals surface area contributed by atoms with Crippen LogP contribution in [0.3, 0.4) is 0 Å². The van der Waals surface area contributed by atoms with Crippen molar-refractivity contribution >= 4 is 32.2 Å². The first-order valence-electron chi connectivity index (χ1n) is 3.62. The first-order chi connectivity index (χ1) is 6.98. The van der Waals surface area contributed by atoms with Gasteiger partial charge < -0.3 is 13.8 Å². The Morgan fingerprint density at radius 1 is 1.11 bits per heavy atom. The predicted octanol–water partition coefficient (Wildman–Crippen LogP) is -8.70. The molecule has 1 aliphatic rings.